The zero-order chi connectivity index (χ0) is 12.4. The smallest absolute Gasteiger partial charge is 0.320 e. The molecule has 0 spiro atoms. The zero-order valence-corrected chi connectivity index (χ0v) is 11.0. The summed E-state index contributed by atoms with van der Waals surface area (Å²) in [7, 11) is 0. The Kier molecular flexibility index (Phi) is 3.69. The highest BCUT2D eigenvalue weighted by atomic mass is 79.9. The SMILES string of the molecule is C[C@H](NCC1Cc2cc(Br)ccc2O1)C(=O)O. The van der Waals surface area contributed by atoms with Crippen molar-refractivity contribution >= 4 is 21.9 Å². The summed E-state index contributed by atoms with van der Waals surface area (Å²) in [5, 5.41) is 11.7. The molecule has 2 rings (SSSR count). The lowest BCUT2D eigenvalue weighted by Gasteiger charge is -2.14. The van der Waals surface area contributed by atoms with Crippen LogP contribution in [0.5, 0.6) is 5.75 Å². The minimum Gasteiger partial charge on any atom is -0.488 e. The fourth-order valence-corrected chi connectivity index (χ4v) is 2.21. The maximum atomic E-state index is 10.7. The molecule has 17 heavy (non-hydrogen) atoms. The van der Waals surface area contributed by atoms with Crippen molar-refractivity contribution in [3.63, 3.8) is 0 Å². The Labute approximate surface area is 108 Å². The molecule has 0 bridgehead atoms. The number of halogens is 1. The highest BCUT2D eigenvalue weighted by Crippen LogP contribution is 2.30. The molecule has 92 valence electrons. The predicted molar refractivity (Wildman–Crippen MR) is 67.4 cm³/mol. The summed E-state index contributed by atoms with van der Waals surface area (Å²) in [4.78, 5) is 10.7. The molecule has 1 aromatic carbocycles. The van der Waals surface area contributed by atoms with Crippen LogP contribution in [0.3, 0.4) is 0 Å². The van der Waals surface area contributed by atoms with Gasteiger partial charge in [0.1, 0.15) is 17.9 Å². The number of nitrogens with one attached hydrogen (secondary N) is 1. The van der Waals surface area contributed by atoms with Crippen molar-refractivity contribution in [2.75, 3.05) is 6.54 Å². The van der Waals surface area contributed by atoms with Crippen LogP contribution in [0, 0.1) is 0 Å². The number of ether oxygens (including phenoxy) is 1. The van der Waals surface area contributed by atoms with Crippen LogP contribution in [0.2, 0.25) is 0 Å². The molecule has 0 saturated heterocycles. The van der Waals surface area contributed by atoms with Crippen LogP contribution >= 0.6 is 15.9 Å². The quantitative estimate of drug-likeness (QED) is 0.890. The predicted octanol–water partition coefficient (Wildman–Crippen LogP) is 1.82. The number of aliphatic carboxylic acids is 1. The van der Waals surface area contributed by atoms with Crippen molar-refractivity contribution in [2.45, 2.75) is 25.5 Å². The van der Waals surface area contributed by atoms with Crippen molar-refractivity contribution in [1.29, 1.82) is 0 Å². The van der Waals surface area contributed by atoms with Gasteiger partial charge in [-0.15, -0.1) is 0 Å². The third-order valence-electron chi connectivity index (χ3n) is 2.79. The topological polar surface area (TPSA) is 58.6 Å². The molecule has 2 N–H and O–H groups in total. The van der Waals surface area contributed by atoms with Gasteiger partial charge >= 0.3 is 5.97 Å². The van der Waals surface area contributed by atoms with Crippen LogP contribution < -0.4 is 10.1 Å². The van der Waals surface area contributed by atoms with E-state index in [1.54, 1.807) is 6.92 Å². The van der Waals surface area contributed by atoms with E-state index in [1.165, 1.54) is 0 Å². The molecular weight excluding hydrogens is 286 g/mol. The van der Waals surface area contributed by atoms with Gasteiger partial charge in [-0.3, -0.25) is 4.79 Å². The van der Waals surface area contributed by atoms with Crippen LogP contribution in [-0.4, -0.2) is 29.8 Å². The highest BCUT2D eigenvalue weighted by Gasteiger charge is 2.23. The first-order chi connectivity index (χ1) is 8.06. The first-order valence-corrected chi connectivity index (χ1v) is 6.27. The standard InChI is InChI=1S/C12H14BrNO3/c1-7(12(15)16)14-6-10-5-8-4-9(13)2-3-11(8)17-10/h2-4,7,10,14H,5-6H2,1H3,(H,15,16)/t7-,10?/m0/s1. The Hall–Kier alpha value is -1.07. The highest BCUT2D eigenvalue weighted by molar-refractivity contribution is 9.10. The third kappa shape index (κ3) is 2.98. The Morgan fingerprint density at radius 3 is 3.18 bits per heavy atom. The van der Waals surface area contributed by atoms with Gasteiger partial charge in [0.15, 0.2) is 0 Å². The summed E-state index contributed by atoms with van der Waals surface area (Å²) in [5.41, 5.74) is 1.16. The van der Waals surface area contributed by atoms with Crippen molar-refractivity contribution in [3.8, 4) is 5.75 Å². The van der Waals surface area contributed by atoms with Gasteiger partial charge in [-0.2, -0.15) is 0 Å². The number of rotatable bonds is 4. The average Bonchev–Trinajstić information content (AvgIpc) is 2.67. The van der Waals surface area contributed by atoms with Gasteiger partial charge in [-0.1, -0.05) is 15.9 Å². The van der Waals surface area contributed by atoms with E-state index in [1.807, 2.05) is 18.2 Å². The summed E-state index contributed by atoms with van der Waals surface area (Å²) in [5.74, 6) is 0.0474. The van der Waals surface area contributed by atoms with Crippen molar-refractivity contribution in [1.82, 2.24) is 5.32 Å². The summed E-state index contributed by atoms with van der Waals surface area (Å²) < 4.78 is 6.75. The molecule has 0 amide bonds. The molecule has 2 atom stereocenters. The fraction of sp³-hybridized carbons (Fsp3) is 0.417. The zero-order valence-electron chi connectivity index (χ0n) is 9.44. The second-order valence-corrected chi connectivity index (χ2v) is 5.08. The minimum absolute atomic E-state index is 0.0149. The number of carboxylic acid groups (broad SMARTS) is 1. The third-order valence-corrected chi connectivity index (χ3v) is 3.28. The van der Waals surface area contributed by atoms with Crippen LogP contribution in [-0.2, 0) is 11.2 Å². The molecule has 1 heterocycles. The van der Waals surface area contributed by atoms with Gasteiger partial charge < -0.3 is 15.2 Å². The minimum atomic E-state index is -0.844. The summed E-state index contributed by atoms with van der Waals surface area (Å²) >= 11 is 3.42. The molecule has 0 saturated carbocycles. The Morgan fingerprint density at radius 2 is 2.47 bits per heavy atom. The number of carboxylic acids is 1. The first-order valence-electron chi connectivity index (χ1n) is 5.47. The van der Waals surface area contributed by atoms with Gasteiger partial charge in [-0.05, 0) is 30.7 Å². The Balaban J connectivity index is 1.90. The van der Waals surface area contributed by atoms with Crippen molar-refractivity contribution in [2.24, 2.45) is 0 Å². The lowest BCUT2D eigenvalue weighted by atomic mass is 10.1. The number of benzene rings is 1. The van der Waals surface area contributed by atoms with Crippen molar-refractivity contribution < 1.29 is 14.6 Å². The molecule has 0 aliphatic carbocycles. The van der Waals surface area contributed by atoms with Gasteiger partial charge in [0.05, 0.1) is 0 Å². The van der Waals surface area contributed by atoms with E-state index in [0.29, 0.717) is 6.54 Å². The maximum Gasteiger partial charge on any atom is 0.320 e. The normalized spacial score (nSPS) is 19.5. The molecule has 0 radical (unpaired) electrons. The monoisotopic (exact) mass is 299 g/mol. The van der Waals surface area contributed by atoms with Crippen LogP contribution in [0.1, 0.15) is 12.5 Å². The average molecular weight is 300 g/mol. The fourth-order valence-electron chi connectivity index (χ4n) is 1.80. The lowest BCUT2D eigenvalue weighted by molar-refractivity contribution is -0.139. The summed E-state index contributed by atoms with van der Waals surface area (Å²) in [6.07, 6.45) is 0.829. The molecular formula is C12H14BrNO3. The van der Waals surface area contributed by atoms with Gasteiger partial charge in [-0.25, -0.2) is 0 Å². The van der Waals surface area contributed by atoms with E-state index >= 15 is 0 Å². The van der Waals surface area contributed by atoms with Gasteiger partial charge in [0.25, 0.3) is 0 Å². The molecule has 1 aliphatic rings. The summed E-state index contributed by atoms with van der Waals surface area (Å²) in [6, 6.07) is 5.36. The number of carbonyl (C=O) groups is 1. The van der Waals surface area contributed by atoms with E-state index in [9.17, 15) is 4.79 Å². The van der Waals surface area contributed by atoms with E-state index in [2.05, 4.69) is 21.2 Å². The second kappa shape index (κ2) is 5.06. The molecule has 1 aromatic rings. The molecule has 5 heteroatoms. The van der Waals surface area contributed by atoms with Crippen LogP contribution in [0.25, 0.3) is 0 Å². The second-order valence-electron chi connectivity index (χ2n) is 4.16. The van der Waals surface area contributed by atoms with E-state index in [-0.39, 0.29) is 6.10 Å². The van der Waals surface area contributed by atoms with Gasteiger partial charge in [0.2, 0.25) is 0 Å². The van der Waals surface area contributed by atoms with Crippen LogP contribution in [0.4, 0.5) is 0 Å². The molecule has 1 aliphatic heterocycles. The molecule has 0 fully saturated rings. The number of fused-ring (bicyclic) bond motifs is 1. The Bertz CT molecular complexity index is 436. The first kappa shape index (κ1) is 12.4. The van der Waals surface area contributed by atoms with Crippen molar-refractivity contribution in [3.05, 3.63) is 28.2 Å². The van der Waals surface area contributed by atoms with E-state index < -0.39 is 12.0 Å². The molecule has 1 unspecified atom stereocenters. The Morgan fingerprint density at radius 1 is 1.71 bits per heavy atom. The molecule has 4 nitrogen and oxygen atoms in total. The van der Waals surface area contributed by atoms with E-state index in [0.717, 1.165) is 22.2 Å². The lowest BCUT2D eigenvalue weighted by Crippen LogP contribution is -2.40. The maximum absolute atomic E-state index is 10.7. The number of hydrogen-bond donors (Lipinski definition) is 2. The summed E-state index contributed by atoms with van der Waals surface area (Å²) in [6.45, 7) is 2.17. The molecule has 0 aromatic heterocycles. The number of hydrogen-bond acceptors (Lipinski definition) is 3. The largest absolute Gasteiger partial charge is 0.488 e. The van der Waals surface area contributed by atoms with E-state index in [4.69, 9.17) is 9.84 Å². The van der Waals surface area contributed by atoms with Crippen LogP contribution in [0.15, 0.2) is 22.7 Å². The van der Waals surface area contributed by atoms with Gasteiger partial charge in [0, 0.05) is 17.4 Å².